The van der Waals surface area contributed by atoms with Gasteiger partial charge < -0.3 is 20.1 Å². The van der Waals surface area contributed by atoms with Crippen LogP contribution in [-0.4, -0.2) is 67.7 Å². The van der Waals surface area contributed by atoms with Crippen LogP contribution in [0.4, 0.5) is 0 Å². The zero-order valence-electron chi connectivity index (χ0n) is 20.3. The molecule has 0 bridgehead atoms. The predicted octanol–water partition coefficient (Wildman–Crippen LogP) is 2.21. The van der Waals surface area contributed by atoms with Crippen molar-refractivity contribution in [2.75, 3.05) is 19.7 Å². The number of aromatic nitrogens is 4. The van der Waals surface area contributed by atoms with E-state index in [0.29, 0.717) is 41.0 Å². The number of ether oxygens (including phenoxy) is 1. The second-order valence-electron chi connectivity index (χ2n) is 8.83. The largest absolute Gasteiger partial charge is 0.490 e. The molecule has 1 aromatic carbocycles. The Kier molecular flexibility index (Phi) is 7.45. The number of nitrogens with one attached hydrogen (secondary N) is 1. The smallest absolute Gasteiger partial charge is 0.236 e. The molecule has 11 heteroatoms. The summed E-state index contributed by atoms with van der Waals surface area (Å²) in [7, 11) is 0. The number of aliphatic hydroxyl groups excluding tert-OH is 1. The number of carbonyl (C=O) groups is 1. The Morgan fingerprint density at radius 1 is 1.34 bits per heavy atom. The van der Waals surface area contributed by atoms with Gasteiger partial charge in [0.15, 0.2) is 0 Å². The topological polar surface area (TPSA) is 129 Å². The molecule has 184 valence electrons. The molecule has 0 radical (unpaired) electrons. The van der Waals surface area contributed by atoms with Crippen LogP contribution < -0.4 is 10.1 Å². The van der Waals surface area contributed by atoms with E-state index in [2.05, 4.69) is 21.6 Å². The van der Waals surface area contributed by atoms with Crippen LogP contribution in [0.15, 0.2) is 18.2 Å². The molecule has 2 aromatic heterocycles. The SMILES string of the molecule is Cc1c2c(nn1-c1nnc(-c3ccc(OC(C)C)c(C#N)c3)s1)CCN(C(=O)CNC(C)CO)C2. The number of benzene rings is 1. The lowest BCUT2D eigenvalue weighted by atomic mass is 10.1. The second-order valence-corrected chi connectivity index (χ2v) is 9.79. The third kappa shape index (κ3) is 5.35. The van der Waals surface area contributed by atoms with Crippen LogP contribution in [0.5, 0.6) is 5.75 Å². The summed E-state index contributed by atoms with van der Waals surface area (Å²) in [6.45, 7) is 8.91. The monoisotopic (exact) mass is 495 g/mol. The fourth-order valence-corrected chi connectivity index (χ4v) is 4.72. The number of hydrogen-bond donors (Lipinski definition) is 2. The summed E-state index contributed by atoms with van der Waals surface area (Å²) in [6, 6.07) is 7.48. The first-order valence-corrected chi connectivity index (χ1v) is 12.4. The van der Waals surface area contributed by atoms with Gasteiger partial charge in [-0.25, -0.2) is 4.68 Å². The highest BCUT2D eigenvalue weighted by Crippen LogP contribution is 2.31. The molecule has 0 saturated carbocycles. The van der Waals surface area contributed by atoms with Crippen LogP contribution in [-0.2, 0) is 17.8 Å². The highest BCUT2D eigenvalue weighted by molar-refractivity contribution is 7.17. The molecule has 1 atom stereocenters. The van der Waals surface area contributed by atoms with E-state index in [9.17, 15) is 10.1 Å². The molecule has 10 nitrogen and oxygen atoms in total. The molecule has 1 aliphatic heterocycles. The minimum atomic E-state index is -0.126. The van der Waals surface area contributed by atoms with Crippen molar-refractivity contribution >= 4 is 17.2 Å². The summed E-state index contributed by atoms with van der Waals surface area (Å²) in [4.78, 5) is 14.4. The van der Waals surface area contributed by atoms with Gasteiger partial charge in [-0.1, -0.05) is 11.3 Å². The van der Waals surface area contributed by atoms with Crippen LogP contribution >= 0.6 is 11.3 Å². The van der Waals surface area contributed by atoms with Crippen molar-refractivity contribution in [3.63, 3.8) is 0 Å². The van der Waals surface area contributed by atoms with Crippen molar-refractivity contribution in [2.45, 2.75) is 52.8 Å². The standard InChI is InChI=1S/C24H29N7O3S/c1-14(2)34-21-6-5-17(9-18(21)10-25)23-27-28-24(35-23)31-16(4)19-12-30(8-7-20(19)29-31)22(33)11-26-15(3)13-32/h5-6,9,14-15,26,32H,7-8,11-13H2,1-4H3. The molecular formula is C24H29N7O3S. The number of amides is 1. The van der Waals surface area contributed by atoms with Gasteiger partial charge >= 0.3 is 0 Å². The molecule has 4 rings (SSSR count). The van der Waals surface area contributed by atoms with Gasteiger partial charge in [0.2, 0.25) is 11.0 Å². The fraction of sp³-hybridized carbons (Fsp3) is 0.458. The summed E-state index contributed by atoms with van der Waals surface area (Å²) in [5.74, 6) is 0.547. The van der Waals surface area contributed by atoms with Gasteiger partial charge in [0, 0.05) is 42.4 Å². The van der Waals surface area contributed by atoms with Crippen LogP contribution in [0.1, 0.15) is 43.3 Å². The number of aliphatic hydroxyl groups is 1. The third-order valence-electron chi connectivity index (χ3n) is 5.82. The zero-order valence-corrected chi connectivity index (χ0v) is 21.1. The third-order valence-corrected chi connectivity index (χ3v) is 6.77. The lowest BCUT2D eigenvalue weighted by Crippen LogP contribution is -2.43. The van der Waals surface area contributed by atoms with Crippen molar-refractivity contribution in [1.82, 2.24) is 30.2 Å². The molecule has 0 fully saturated rings. The van der Waals surface area contributed by atoms with E-state index in [4.69, 9.17) is 14.9 Å². The molecule has 0 spiro atoms. The predicted molar refractivity (Wildman–Crippen MR) is 131 cm³/mol. The van der Waals surface area contributed by atoms with Crippen molar-refractivity contribution in [3.8, 4) is 27.5 Å². The molecule has 1 aliphatic rings. The molecule has 1 amide bonds. The Morgan fingerprint density at radius 2 is 2.14 bits per heavy atom. The van der Waals surface area contributed by atoms with Crippen molar-refractivity contribution < 1.29 is 14.6 Å². The summed E-state index contributed by atoms with van der Waals surface area (Å²) >= 11 is 1.39. The Bertz CT molecular complexity index is 1260. The minimum absolute atomic E-state index is 0.000471. The van der Waals surface area contributed by atoms with E-state index < -0.39 is 0 Å². The van der Waals surface area contributed by atoms with E-state index in [1.54, 1.807) is 16.8 Å². The normalized spacial score (nSPS) is 14.0. The Labute approximate surface area is 208 Å². The van der Waals surface area contributed by atoms with E-state index in [-0.39, 0.29) is 31.2 Å². The van der Waals surface area contributed by atoms with Gasteiger partial charge in [-0.15, -0.1) is 10.2 Å². The highest BCUT2D eigenvalue weighted by atomic mass is 32.1. The first-order valence-electron chi connectivity index (χ1n) is 11.5. The van der Waals surface area contributed by atoms with Crippen molar-refractivity contribution in [2.24, 2.45) is 0 Å². The first kappa shape index (κ1) is 24.8. The maximum absolute atomic E-state index is 12.6. The van der Waals surface area contributed by atoms with Gasteiger partial charge in [0.05, 0.1) is 30.5 Å². The van der Waals surface area contributed by atoms with E-state index >= 15 is 0 Å². The maximum Gasteiger partial charge on any atom is 0.236 e. The lowest BCUT2D eigenvalue weighted by molar-refractivity contribution is -0.131. The fourth-order valence-electron chi connectivity index (χ4n) is 3.87. The Morgan fingerprint density at radius 3 is 2.86 bits per heavy atom. The number of nitrogens with zero attached hydrogens (tertiary/aromatic N) is 6. The molecule has 3 aromatic rings. The molecule has 2 N–H and O–H groups in total. The van der Waals surface area contributed by atoms with E-state index in [1.165, 1.54) is 11.3 Å². The number of nitriles is 1. The minimum Gasteiger partial charge on any atom is -0.490 e. The average molecular weight is 496 g/mol. The number of hydrogen-bond acceptors (Lipinski definition) is 9. The van der Waals surface area contributed by atoms with Crippen molar-refractivity contribution in [1.29, 1.82) is 5.26 Å². The van der Waals surface area contributed by atoms with Crippen LogP contribution in [0, 0.1) is 18.3 Å². The first-order chi connectivity index (χ1) is 16.8. The molecule has 0 aliphatic carbocycles. The molecule has 0 saturated heterocycles. The summed E-state index contributed by atoms with van der Waals surface area (Å²) in [6.07, 6.45) is 0.639. The molecule has 35 heavy (non-hydrogen) atoms. The highest BCUT2D eigenvalue weighted by Gasteiger charge is 2.27. The zero-order chi connectivity index (χ0) is 25.1. The Balaban J connectivity index is 1.53. The van der Waals surface area contributed by atoms with Crippen LogP contribution in [0.3, 0.4) is 0 Å². The lowest BCUT2D eigenvalue weighted by Gasteiger charge is -2.27. The second kappa shape index (κ2) is 10.5. The summed E-state index contributed by atoms with van der Waals surface area (Å²) in [5.41, 5.74) is 4.15. The summed E-state index contributed by atoms with van der Waals surface area (Å²) < 4.78 is 7.49. The average Bonchev–Trinajstić information content (AvgIpc) is 3.46. The van der Waals surface area contributed by atoms with E-state index in [0.717, 1.165) is 22.5 Å². The van der Waals surface area contributed by atoms with Gasteiger partial charge in [-0.05, 0) is 45.9 Å². The molecular weight excluding hydrogens is 466 g/mol. The molecule has 1 unspecified atom stereocenters. The number of rotatable bonds is 8. The van der Waals surface area contributed by atoms with E-state index in [1.807, 2.05) is 38.7 Å². The van der Waals surface area contributed by atoms with Crippen LogP contribution in [0.25, 0.3) is 15.7 Å². The van der Waals surface area contributed by atoms with Crippen LogP contribution in [0.2, 0.25) is 0 Å². The van der Waals surface area contributed by atoms with Gasteiger partial charge in [0.25, 0.3) is 0 Å². The van der Waals surface area contributed by atoms with Crippen molar-refractivity contribution in [3.05, 3.63) is 40.7 Å². The summed E-state index contributed by atoms with van der Waals surface area (Å²) in [5, 5.41) is 36.5. The quantitative estimate of drug-likeness (QED) is 0.487. The molecule has 3 heterocycles. The Hall–Kier alpha value is -3.33. The number of fused-ring (bicyclic) bond motifs is 1. The van der Waals surface area contributed by atoms with Gasteiger partial charge in [-0.2, -0.15) is 10.4 Å². The number of carbonyl (C=O) groups excluding carboxylic acids is 1. The maximum atomic E-state index is 12.6. The van der Waals surface area contributed by atoms with Gasteiger partial charge in [-0.3, -0.25) is 4.79 Å². The van der Waals surface area contributed by atoms with Gasteiger partial charge in [0.1, 0.15) is 16.8 Å².